The van der Waals surface area contributed by atoms with Crippen LogP contribution in [-0.4, -0.2) is 40.5 Å². The van der Waals surface area contributed by atoms with E-state index in [1.165, 1.54) is 11.8 Å². The average Bonchev–Trinajstić information content (AvgIpc) is 2.87. The fourth-order valence-corrected chi connectivity index (χ4v) is 1.52. The molecule has 0 aliphatic carbocycles. The van der Waals surface area contributed by atoms with E-state index in [0.29, 0.717) is 5.69 Å². The molecule has 0 saturated heterocycles. The summed E-state index contributed by atoms with van der Waals surface area (Å²) in [4.78, 5) is 24.2. The van der Waals surface area contributed by atoms with Crippen LogP contribution in [0.3, 0.4) is 0 Å². The lowest BCUT2D eigenvalue weighted by molar-refractivity contribution is -0.123. The van der Waals surface area contributed by atoms with Crippen LogP contribution in [0.15, 0.2) is 30.3 Å². The number of para-hydroxylation sites is 1. The number of esters is 1. The van der Waals surface area contributed by atoms with Crippen LogP contribution in [0, 0.1) is 6.92 Å². The molecule has 0 radical (unpaired) electrons. The zero-order chi connectivity index (χ0) is 14.5. The first kappa shape index (κ1) is 13.7. The van der Waals surface area contributed by atoms with Gasteiger partial charge in [0.25, 0.3) is 5.91 Å². The molecule has 104 valence electrons. The van der Waals surface area contributed by atoms with Gasteiger partial charge in [0.1, 0.15) is 0 Å². The van der Waals surface area contributed by atoms with Crippen LogP contribution < -0.4 is 5.32 Å². The summed E-state index contributed by atoms with van der Waals surface area (Å²) in [5, 5.41) is 10.6. The highest BCUT2D eigenvalue weighted by Gasteiger charge is 2.18. The summed E-state index contributed by atoms with van der Waals surface area (Å²) in [5.41, 5.74) is 1.27. The zero-order valence-corrected chi connectivity index (χ0v) is 11.2. The SMILES string of the molecule is CNC(=O)COC(=O)c1nn(-c2ccccc2)nc1C. The first-order chi connectivity index (χ1) is 9.61. The minimum absolute atomic E-state index is 0.0951. The average molecular weight is 274 g/mol. The first-order valence-electron chi connectivity index (χ1n) is 5.99. The Labute approximate surface area is 115 Å². The van der Waals surface area contributed by atoms with E-state index in [-0.39, 0.29) is 18.2 Å². The van der Waals surface area contributed by atoms with Crippen molar-refractivity contribution in [2.24, 2.45) is 0 Å². The molecule has 0 unspecified atom stereocenters. The molecule has 20 heavy (non-hydrogen) atoms. The van der Waals surface area contributed by atoms with Gasteiger partial charge in [-0.05, 0) is 19.1 Å². The molecule has 1 N–H and O–H groups in total. The Morgan fingerprint density at radius 1 is 1.25 bits per heavy atom. The third-order valence-corrected chi connectivity index (χ3v) is 2.58. The molecule has 2 aromatic rings. The summed E-state index contributed by atoms with van der Waals surface area (Å²) < 4.78 is 4.84. The number of ether oxygens (including phenoxy) is 1. The number of rotatable bonds is 4. The molecule has 7 heteroatoms. The normalized spacial score (nSPS) is 10.1. The van der Waals surface area contributed by atoms with Gasteiger partial charge in [-0.1, -0.05) is 18.2 Å². The lowest BCUT2D eigenvalue weighted by Crippen LogP contribution is -2.25. The topological polar surface area (TPSA) is 86.1 Å². The Bertz CT molecular complexity index is 622. The maximum absolute atomic E-state index is 11.8. The summed E-state index contributed by atoms with van der Waals surface area (Å²) in [6.45, 7) is 1.32. The van der Waals surface area contributed by atoms with Crippen molar-refractivity contribution in [1.82, 2.24) is 20.3 Å². The molecule has 0 fully saturated rings. The summed E-state index contributed by atoms with van der Waals surface area (Å²) in [7, 11) is 1.47. The molecule has 0 atom stereocenters. The van der Waals surface area contributed by atoms with E-state index in [9.17, 15) is 9.59 Å². The largest absolute Gasteiger partial charge is 0.451 e. The highest BCUT2D eigenvalue weighted by atomic mass is 16.5. The maximum atomic E-state index is 11.8. The lowest BCUT2D eigenvalue weighted by atomic mass is 10.3. The quantitative estimate of drug-likeness (QED) is 0.819. The molecule has 0 aliphatic rings. The van der Waals surface area contributed by atoms with Crippen LogP contribution in [0.25, 0.3) is 5.69 Å². The van der Waals surface area contributed by atoms with Crippen molar-refractivity contribution < 1.29 is 14.3 Å². The van der Waals surface area contributed by atoms with Crippen LogP contribution in [0.4, 0.5) is 0 Å². The van der Waals surface area contributed by atoms with E-state index in [1.807, 2.05) is 30.3 Å². The zero-order valence-electron chi connectivity index (χ0n) is 11.2. The smallest absolute Gasteiger partial charge is 0.361 e. The number of hydrogen-bond donors (Lipinski definition) is 1. The molecule has 1 aromatic heterocycles. The number of carbonyl (C=O) groups is 2. The third-order valence-electron chi connectivity index (χ3n) is 2.58. The van der Waals surface area contributed by atoms with E-state index in [0.717, 1.165) is 5.69 Å². The molecule has 7 nitrogen and oxygen atoms in total. The predicted molar refractivity (Wildman–Crippen MR) is 70.4 cm³/mol. The number of aromatic nitrogens is 3. The van der Waals surface area contributed by atoms with E-state index in [2.05, 4.69) is 15.5 Å². The molecular formula is C13H14N4O3. The third kappa shape index (κ3) is 3.00. The van der Waals surface area contributed by atoms with Gasteiger partial charge in [-0.15, -0.1) is 5.10 Å². The molecule has 2 rings (SSSR count). The summed E-state index contributed by atoms with van der Waals surface area (Å²) in [6.07, 6.45) is 0. The van der Waals surface area contributed by atoms with Crippen molar-refractivity contribution in [1.29, 1.82) is 0 Å². The Balaban J connectivity index is 2.15. The fraction of sp³-hybridized carbons (Fsp3) is 0.231. The summed E-state index contributed by atoms with van der Waals surface area (Å²) in [5.74, 6) is -1.06. The molecule has 0 aliphatic heterocycles. The van der Waals surface area contributed by atoms with Crippen LogP contribution >= 0.6 is 0 Å². The van der Waals surface area contributed by atoms with Crippen LogP contribution in [0.2, 0.25) is 0 Å². The van der Waals surface area contributed by atoms with E-state index < -0.39 is 5.97 Å². The highest BCUT2D eigenvalue weighted by molar-refractivity contribution is 5.90. The van der Waals surface area contributed by atoms with Gasteiger partial charge in [0.15, 0.2) is 12.3 Å². The van der Waals surface area contributed by atoms with Crippen molar-refractivity contribution in [3.05, 3.63) is 41.7 Å². The van der Waals surface area contributed by atoms with Crippen molar-refractivity contribution in [3.63, 3.8) is 0 Å². The van der Waals surface area contributed by atoms with Gasteiger partial charge < -0.3 is 10.1 Å². The first-order valence-corrected chi connectivity index (χ1v) is 5.99. The Morgan fingerprint density at radius 2 is 1.95 bits per heavy atom. The molecular weight excluding hydrogens is 260 g/mol. The number of hydrogen-bond acceptors (Lipinski definition) is 5. The maximum Gasteiger partial charge on any atom is 0.361 e. The lowest BCUT2D eigenvalue weighted by Gasteiger charge is -2.01. The number of aryl methyl sites for hydroxylation is 1. The Hall–Kier alpha value is -2.70. The molecule has 1 aromatic carbocycles. The molecule has 0 spiro atoms. The van der Waals surface area contributed by atoms with Crippen molar-refractivity contribution in [2.45, 2.75) is 6.92 Å². The molecule has 0 bridgehead atoms. The number of carbonyl (C=O) groups excluding carboxylic acids is 2. The summed E-state index contributed by atoms with van der Waals surface area (Å²) in [6, 6.07) is 9.20. The standard InChI is InChI=1S/C13H14N4O3/c1-9-12(13(19)20-8-11(18)14-2)16-17(15-9)10-6-4-3-5-7-10/h3-7H,8H2,1-2H3,(H,14,18). The van der Waals surface area contributed by atoms with Gasteiger partial charge in [-0.25, -0.2) is 4.79 Å². The molecule has 1 amide bonds. The van der Waals surface area contributed by atoms with Gasteiger partial charge in [0, 0.05) is 7.05 Å². The molecule has 1 heterocycles. The van der Waals surface area contributed by atoms with Gasteiger partial charge in [0.05, 0.1) is 11.4 Å². The monoisotopic (exact) mass is 274 g/mol. The number of likely N-dealkylation sites (N-methyl/N-ethyl adjacent to an activating group) is 1. The molecule has 0 saturated carbocycles. The van der Waals surface area contributed by atoms with Crippen molar-refractivity contribution in [3.8, 4) is 5.69 Å². The Morgan fingerprint density at radius 3 is 2.60 bits per heavy atom. The Kier molecular flexibility index (Phi) is 4.09. The van der Waals surface area contributed by atoms with E-state index in [4.69, 9.17) is 4.74 Å². The highest BCUT2D eigenvalue weighted by Crippen LogP contribution is 2.09. The summed E-state index contributed by atoms with van der Waals surface area (Å²) >= 11 is 0. The minimum atomic E-state index is -0.673. The van der Waals surface area contributed by atoms with Crippen LogP contribution in [-0.2, 0) is 9.53 Å². The van der Waals surface area contributed by atoms with Crippen LogP contribution in [0.5, 0.6) is 0 Å². The van der Waals surface area contributed by atoms with E-state index >= 15 is 0 Å². The number of amides is 1. The fourth-order valence-electron chi connectivity index (χ4n) is 1.52. The second-order valence-corrected chi connectivity index (χ2v) is 4.01. The minimum Gasteiger partial charge on any atom is -0.451 e. The van der Waals surface area contributed by atoms with Gasteiger partial charge in [0.2, 0.25) is 0 Å². The number of nitrogens with one attached hydrogen (secondary N) is 1. The predicted octanol–water partition coefficient (Wildman–Crippen LogP) is 0.479. The van der Waals surface area contributed by atoms with Gasteiger partial charge >= 0.3 is 5.97 Å². The van der Waals surface area contributed by atoms with Crippen LogP contribution in [0.1, 0.15) is 16.2 Å². The van der Waals surface area contributed by atoms with Gasteiger partial charge in [-0.3, -0.25) is 4.79 Å². The van der Waals surface area contributed by atoms with E-state index in [1.54, 1.807) is 6.92 Å². The number of benzene rings is 1. The second kappa shape index (κ2) is 5.96. The number of nitrogens with zero attached hydrogens (tertiary/aromatic N) is 3. The second-order valence-electron chi connectivity index (χ2n) is 4.01. The van der Waals surface area contributed by atoms with Crippen molar-refractivity contribution >= 4 is 11.9 Å². The van der Waals surface area contributed by atoms with Crippen molar-refractivity contribution in [2.75, 3.05) is 13.7 Å². The van der Waals surface area contributed by atoms with Gasteiger partial charge in [-0.2, -0.15) is 9.90 Å².